The molecule has 0 spiro atoms. The van der Waals surface area contributed by atoms with E-state index in [1.807, 2.05) is 53.2 Å². The smallest absolute Gasteiger partial charge is 0.245 e. The number of hydrogen-bond donors (Lipinski definition) is 2. The van der Waals surface area contributed by atoms with Gasteiger partial charge >= 0.3 is 0 Å². The Morgan fingerprint density at radius 2 is 2.15 bits per heavy atom. The summed E-state index contributed by atoms with van der Waals surface area (Å²) in [6.07, 6.45) is 5.17. The molecule has 3 heterocycles. The van der Waals surface area contributed by atoms with Crippen LogP contribution in [0, 0.1) is 0 Å². The molecule has 7 heteroatoms. The average Bonchev–Trinajstić information content (AvgIpc) is 3.29. The molecule has 26 heavy (non-hydrogen) atoms. The number of pyridine rings is 1. The lowest BCUT2D eigenvalue weighted by atomic mass is 10.2. The highest BCUT2D eigenvalue weighted by molar-refractivity contribution is 5.91. The lowest BCUT2D eigenvalue weighted by molar-refractivity contribution is -0.116. The number of aromatic amines is 1. The van der Waals surface area contributed by atoms with Crippen LogP contribution in [0.15, 0.2) is 61.1 Å². The number of nitrogens with zero attached hydrogens (tertiary/aromatic N) is 3. The van der Waals surface area contributed by atoms with E-state index in [-0.39, 0.29) is 12.5 Å². The topological polar surface area (TPSA) is 84.8 Å². The number of anilines is 1. The number of aromatic nitrogens is 4. The minimum absolute atomic E-state index is 0.144. The SMILES string of the molecule is COc1ccc2c(ccn2CC(=O)Nc2cnc(-c3ccccn3)[nH]2)c1. The molecule has 2 N–H and O–H groups in total. The summed E-state index contributed by atoms with van der Waals surface area (Å²) in [5.74, 6) is 1.79. The van der Waals surface area contributed by atoms with Crippen LogP contribution in [0.1, 0.15) is 0 Å². The molecule has 3 aromatic heterocycles. The van der Waals surface area contributed by atoms with E-state index in [0.29, 0.717) is 11.6 Å². The monoisotopic (exact) mass is 347 g/mol. The van der Waals surface area contributed by atoms with Crippen LogP contribution < -0.4 is 10.1 Å². The number of ether oxygens (including phenoxy) is 1. The maximum absolute atomic E-state index is 12.4. The first-order chi connectivity index (χ1) is 12.7. The van der Waals surface area contributed by atoms with Gasteiger partial charge in [-0.3, -0.25) is 9.78 Å². The molecule has 0 unspecified atom stereocenters. The second-order valence-electron chi connectivity index (χ2n) is 5.78. The van der Waals surface area contributed by atoms with Crippen LogP contribution in [0.25, 0.3) is 22.4 Å². The first-order valence-electron chi connectivity index (χ1n) is 8.12. The van der Waals surface area contributed by atoms with E-state index in [1.165, 1.54) is 0 Å². The van der Waals surface area contributed by atoms with Crippen LogP contribution in [0.4, 0.5) is 5.82 Å². The fourth-order valence-corrected chi connectivity index (χ4v) is 2.81. The maximum Gasteiger partial charge on any atom is 0.245 e. The van der Waals surface area contributed by atoms with E-state index in [4.69, 9.17) is 4.74 Å². The van der Waals surface area contributed by atoms with Crippen LogP contribution >= 0.6 is 0 Å². The zero-order valence-corrected chi connectivity index (χ0v) is 14.1. The van der Waals surface area contributed by atoms with Gasteiger partial charge in [-0.2, -0.15) is 0 Å². The molecule has 130 valence electrons. The third-order valence-corrected chi connectivity index (χ3v) is 4.05. The van der Waals surface area contributed by atoms with Gasteiger partial charge in [0.1, 0.15) is 23.8 Å². The summed E-state index contributed by atoms with van der Waals surface area (Å²) in [4.78, 5) is 23.9. The van der Waals surface area contributed by atoms with Crippen LogP contribution in [0.3, 0.4) is 0 Å². The van der Waals surface area contributed by atoms with Crippen molar-refractivity contribution >= 4 is 22.6 Å². The van der Waals surface area contributed by atoms with Gasteiger partial charge in [0, 0.05) is 23.3 Å². The van der Waals surface area contributed by atoms with Crippen molar-refractivity contribution < 1.29 is 9.53 Å². The highest BCUT2D eigenvalue weighted by Gasteiger charge is 2.10. The summed E-state index contributed by atoms with van der Waals surface area (Å²) < 4.78 is 7.11. The van der Waals surface area contributed by atoms with Crippen LogP contribution in [-0.2, 0) is 11.3 Å². The van der Waals surface area contributed by atoms with Crippen molar-refractivity contribution in [1.29, 1.82) is 0 Å². The first-order valence-corrected chi connectivity index (χ1v) is 8.12. The van der Waals surface area contributed by atoms with Crippen molar-refractivity contribution in [3.05, 3.63) is 61.1 Å². The van der Waals surface area contributed by atoms with Crippen molar-refractivity contribution in [1.82, 2.24) is 19.5 Å². The number of imidazole rings is 1. The number of H-pyrrole nitrogens is 1. The highest BCUT2D eigenvalue weighted by atomic mass is 16.5. The van der Waals surface area contributed by atoms with E-state index in [2.05, 4.69) is 20.3 Å². The number of rotatable bonds is 5. The predicted molar refractivity (Wildman–Crippen MR) is 98.9 cm³/mol. The molecular formula is C19H17N5O2. The molecule has 4 aromatic rings. The third-order valence-electron chi connectivity index (χ3n) is 4.05. The lowest BCUT2D eigenvalue weighted by Crippen LogP contribution is -2.18. The largest absolute Gasteiger partial charge is 0.497 e. The van der Waals surface area contributed by atoms with E-state index in [1.54, 1.807) is 19.5 Å². The zero-order chi connectivity index (χ0) is 17.9. The van der Waals surface area contributed by atoms with E-state index in [9.17, 15) is 4.79 Å². The minimum Gasteiger partial charge on any atom is -0.497 e. The highest BCUT2D eigenvalue weighted by Crippen LogP contribution is 2.22. The van der Waals surface area contributed by atoms with Crippen molar-refractivity contribution in [2.24, 2.45) is 0 Å². The fraction of sp³-hybridized carbons (Fsp3) is 0.105. The van der Waals surface area contributed by atoms with Crippen LogP contribution in [-0.4, -0.2) is 32.5 Å². The molecule has 0 atom stereocenters. The normalized spacial score (nSPS) is 10.8. The number of fused-ring (bicyclic) bond motifs is 1. The molecule has 0 radical (unpaired) electrons. The van der Waals surface area contributed by atoms with Crippen molar-refractivity contribution in [3.63, 3.8) is 0 Å². The number of nitrogens with one attached hydrogen (secondary N) is 2. The Morgan fingerprint density at radius 3 is 2.96 bits per heavy atom. The van der Waals surface area contributed by atoms with Crippen molar-refractivity contribution in [3.8, 4) is 17.3 Å². The molecule has 0 saturated heterocycles. The summed E-state index contributed by atoms with van der Waals surface area (Å²) in [7, 11) is 1.63. The molecule has 0 saturated carbocycles. The summed E-state index contributed by atoms with van der Waals surface area (Å²) in [6.45, 7) is 0.202. The lowest BCUT2D eigenvalue weighted by Gasteiger charge is -2.06. The van der Waals surface area contributed by atoms with Crippen LogP contribution in [0.5, 0.6) is 5.75 Å². The third kappa shape index (κ3) is 3.14. The van der Waals surface area contributed by atoms with Gasteiger partial charge in [-0.1, -0.05) is 6.07 Å². The van der Waals surface area contributed by atoms with Crippen LogP contribution in [0.2, 0.25) is 0 Å². The van der Waals surface area contributed by atoms with E-state index < -0.39 is 0 Å². The standard InChI is InChI=1S/C19H17N5O2/c1-26-14-5-6-16-13(10-14)7-9-24(16)12-18(25)22-17-11-21-19(23-17)15-4-2-3-8-20-15/h2-11H,12H2,1H3,(H,21,23)(H,22,25). The molecule has 0 fully saturated rings. The number of carbonyl (C=O) groups excluding carboxylic acids is 1. The summed E-state index contributed by atoms with van der Waals surface area (Å²) >= 11 is 0. The zero-order valence-electron chi connectivity index (χ0n) is 14.1. The Hall–Kier alpha value is -3.61. The second kappa shape index (κ2) is 6.72. The van der Waals surface area contributed by atoms with Gasteiger partial charge in [0.15, 0.2) is 5.82 Å². The molecule has 0 bridgehead atoms. The maximum atomic E-state index is 12.4. The van der Waals surface area contributed by atoms with Crippen molar-refractivity contribution in [2.75, 3.05) is 12.4 Å². The summed E-state index contributed by atoms with van der Waals surface area (Å²) in [6, 6.07) is 13.3. The number of hydrogen-bond acceptors (Lipinski definition) is 4. The van der Waals surface area contributed by atoms with Gasteiger partial charge in [-0.25, -0.2) is 4.98 Å². The Kier molecular flexibility index (Phi) is 4.10. The van der Waals surface area contributed by atoms with Gasteiger partial charge in [0.25, 0.3) is 0 Å². The second-order valence-corrected chi connectivity index (χ2v) is 5.78. The Bertz CT molecular complexity index is 1050. The van der Waals surface area contributed by atoms with Gasteiger partial charge in [0.05, 0.1) is 13.3 Å². The molecule has 0 aliphatic rings. The Labute approximate surface area is 149 Å². The van der Waals surface area contributed by atoms with Gasteiger partial charge in [-0.15, -0.1) is 0 Å². The Balaban J connectivity index is 1.47. The summed E-state index contributed by atoms with van der Waals surface area (Å²) in [5, 5.41) is 3.85. The molecule has 1 amide bonds. The van der Waals surface area contributed by atoms with Gasteiger partial charge in [0.2, 0.25) is 5.91 Å². The van der Waals surface area contributed by atoms with Gasteiger partial charge < -0.3 is 19.6 Å². The molecule has 7 nitrogen and oxygen atoms in total. The molecular weight excluding hydrogens is 330 g/mol. The van der Waals surface area contributed by atoms with Crippen molar-refractivity contribution in [2.45, 2.75) is 6.54 Å². The first kappa shape index (κ1) is 15.9. The molecule has 0 aliphatic heterocycles. The number of benzene rings is 1. The quantitative estimate of drug-likeness (QED) is 0.581. The minimum atomic E-state index is -0.144. The number of carbonyl (C=O) groups is 1. The van der Waals surface area contributed by atoms with Gasteiger partial charge in [-0.05, 0) is 36.4 Å². The predicted octanol–water partition coefficient (Wildman–Crippen LogP) is 3.07. The Morgan fingerprint density at radius 1 is 1.23 bits per heavy atom. The fourth-order valence-electron chi connectivity index (χ4n) is 2.81. The van der Waals surface area contributed by atoms with E-state index in [0.717, 1.165) is 22.3 Å². The molecule has 4 rings (SSSR count). The number of amides is 1. The molecule has 0 aliphatic carbocycles. The summed E-state index contributed by atoms with van der Waals surface area (Å²) in [5.41, 5.74) is 1.69. The van der Waals surface area contributed by atoms with E-state index >= 15 is 0 Å². The number of methoxy groups -OCH3 is 1. The molecule has 1 aromatic carbocycles. The average molecular weight is 347 g/mol.